The molecule has 0 N–H and O–H groups in total. The fraction of sp³-hybridized carbons (Fsp3) is 0.500. The van der Waals surface area contributed by atoms with Crippen molar-refractivity contribution in [1.29, 1.82) is 0 Å². The average molecular weight is 342 g/mol. The number of rotatable bonds is 3. The van der Waals surface area contributed by atoms with Crippen LogP contribution in [0, 0.1) is 12.8 Å². The molecule has 5 heteroatoms. The van der Waals surface area contributed by atoms with E-state index in [9.17, 15) is 9.59 Å². The first-order chi connectivity index (χ1) is 12.1. The number of hydrogen-bond donors (Lipinski definition) is 0. The van der Waals surface area contributed by atoms with Crippen LogP contribution < -0.4 is 0 Å². The zero-order valence-electron chi connectivity index (χ0n) is 14.8. The van der Waals surface area contributed by atoms with Crippen LogP contribution in [0.2, 0.25) is 0 Å². The Morgan fingerprint density at radius 1 is 1.08 bits per heavy atom. The van der Waals surface area contributed by atoms with Gasteiger partial charge in [0, 0.05) is 32.3 Å². The van der Waals surface area contributed by atoms with Gasteiger partial charge in [-0.25, -0.2) is 0 Å². The minimum Gasteiger partial charge on any atom is -0.378 e. The minimum atomic E-state index is -0.0800. The summed E-state index contributed by atoms with van der Waals surface area (Å²) < 4.78 is 5.31. The Hall–Kier alpha value is -2.14. The Morgan fingerprint density at radius 2 is 1.80 bits per heavy atom. The molecule has 1 aromatic carbocycles. The van der Waals surface area contributed by atoms with E-state index in [1.54, 1.807) is 11.0 Å². The third kappa shape index (κ3) is 4.69. The highest BCUT2D eigenvalue weighted by molar-refractivity contribution is 5.92. The van der Waals surface area contributed by atoms with Gasteiger partial charge < -0.3 is 14.5 Å². The van der Waals surface area contributed by atoms with Gasteiger partial charge in [0.15, 0.2) is 0 Å². The first kappa shape index (κ1) is 17.7. The van der Waals surface area contributed by atoms with E-state index in [0.29, 0.717) is 32.8 Å². The smallest absolute Gasteiger partial charge is 0.246 e. The van der Waals surface area contributed by atoms with Crippen LogP contribution >= 0.6 is 0 Å². The number of carbonyl (C=O) groups is 2. The summed E-state index contributed by atoms with van der Waals surface area (Å²) in [6.45, 7) is 5.84. The molecular formula is C20H26N2O3. The quantitative estimate of drug-likeness (QED) is 0.791. The van der Waals surface area contributed by atoms with Gasteiger partial charge in [0.25, 0.3) is 0 Å². The molecule has 2 aliphatic heterocycles. The van der Waals surface area contributed by atoms with E-state index in [0.717, 1.165) is 24.9 Å². The summed E-state index contributed by atoms with van der Waals surface area (Å²) in [4.78, 5) is 28.8. The predicted molar refractivity (Wildman–Crippen MR) is 96.9 cm³/mol. The van der Waals surface area contributed by atoms with Crippen LogP contribution in [0.5, 0.6) is 0 Å². The molecule has 5 nitrogen and oxygen atoms in total. The van der Waals surface area contributed by atoms with Crippen molar-refractivity contribution in [3.05, 3.63) is 41.5 Å². The Balaban J connectivity index is 1.57. The highest BCUT2D eigenvalue weighted by Crippen LogP contribution is 2.20. The van der Waals surface area contributed by atoms with Crippen LogP contribution in [-0.2, 0) is 14.3 Å². The van der Waals surface area contributed by atoms with E-state index >= 15 is 0 Å². The fourth-order valence-corrected chi connectivity index (χ4v) is 3.37. The van der Waals surface area contributed by atoms with Gasteiger partial charge in [0.05, 0.1) is 19.1 Å². The average Bonchev–Trinajstić information content (AvgIpc) is 2.67. The Morgan fingerprint density at radius 3 is 2.52 bits per heavy atom. The van der Waals surface area contributed by atoms with E-state index in [1.807, 2.05) is 42.2 Å². The van der Waals surface area contributed by atoms with Crippen molar-refractivity contribution >= 4 is 17.9 Å². The number of amides is 2. The van der Waals surface area contributed by atoms with Crippen LogP contribution in [0.25, 0.3) is 6.08 Å². The van der Waals surface area contributed by atoms with Gasteiger partial charge in [-0.05, 0) is 31.4 Å². The number of aryl methyl sites for hydroxylation is 1. The monoisotopic (exact) mass is 342 g/mol. The number of hydrogen-bond acceptors (Lipinski definition) is 3. The molecule has 2 amide bonds. The number of benzene rings is 1. The number of ether oxygens (including phenoxy) is 1. The Bertz CT molecular complexity index is 633. The molecule has 0 spiro atoms. The molecule has 2 aliphatic rings. The van der Waals surface area contributed by atoms with E-state index in [1.165, 1.54) is 5.56 Å². The molecule has 1 unspecified atom stereocenters. The van der Waals surface area contributed by atoms with Crippen LogP contribution in [-0.4, -0.2) is 61.0 Å². The molecule has 134 valence electrons. The van der Waals surface area contributed by atoms with E-state index < -0.39 is 0 Å². The van der Waals surface area contributed by atoms with Crippen molar-refractivity contribution in [2.75, 3.05) is 39.4 Å². The lowest BCUT2D eigenvalue weighted by Gasteiger charge is -2.35. The molecule has 3 rings (SSSR count). The standard InChI is InChI=1S/C20H26N2O3/c1-16-4-6-17(7-5-16)8-9-19(23)22-10-2-3-18(15-22)20(24)21-11-13-25-14-12-21/h4-9,18H,2-3,10-15H2,1H3/b9-8+. The maximum atomic E-state index is 12.6. The van der Waals surface area contributed by atoms with Crippen LogP contribution in [0.4, 0.5) is 0 Å². The van der Waals surface area contributed by atoms with Gasteiger partial charge in [-0.3, -0.25) is 9.59 Å². The molecule has 1 atom stereocenters. The van der Waals surface area contributed by atoms with Crippen molar-refractivity contribution in [2.45, 2.75) is 19.8 Å². The number of likely N-dealkylation sites (tertiary alicyclic amines) is 1. The second-order valence-electron chi connectivity index (χ2n) is 6.81. The second-order valence-corrected chi connectivity index (χ2v) is 6.81. The topological polar surface area (TPSA) is 49.9 Å². The second kappa shape index (κ2) is 8.30. The maximum absolute atomic E-state index is 12.6. The summed E-state index contributed by atoms with van der Waals surface area (Å²) in [5.41, 5.74) is 2.21. The molecule has 0 aliphatic carbocycles. The van der Waals surface area contributed by atoms with E-state index in [-0.39, 0.29) is 17.7 Å². The molecule has 0 saturated carbocycles. The molecule has 1 aromatic rings. The summed E-state index contributed by atoms with van der Waals surface area (Å²) >= 11 is 0. The third-order valence-corrected chi connectivity index (χ3v) is 4.90. The first-order valence-corrected chi connectivity index (χ1v) is 9.03. The van der Waals surface area contributed by atoms with Gasteiger partial charge in [0.2, 0.25) is 11.8 Å². The zero-order chi connectivity index (χ0) is 17.6. The van der Waals surface area contributed by atoms with Crippen LogP contribution in [0.15, 0.2) is 30.3 Å². The van der Waals surface area contributed by atoms with Crippen molar-refractivity contribution in [2.24, 2.45) is 5.92 Å². The molecule has 25 heavy (non-hydrogen) atoms. The molecule has 0 aromatic heterocycles. The van der Waals surface area contributed by atoms with Crippen molar-refractivity contribution < 1.29 is 14.3 Å². The molecular weight excluding hydrogens is 316 g/mol. The lowest BCUT2D eigenvalue weighted by molar-refractivity contribution is -0.143. The minimum absolute atomic E-state index is 0.0138. The maximum Gasteiger partial charge on any atom is 0.246 e. The fourth-order valence-electron chi connectivity index (χ4n) is 3.37. The zero-order valence-corrected chi connectivity index (χ0v) is 14.8. The van der Waals surface area contributed by atoms with E-state index in [4.69, 9.17) is 4.74 Å². The SMILES string of the molecule is Cc1ccc(/C=C/C(=O)N2CCCC(C(=O)N3CCOCC3)C2)cc1. The lowest BCUT2D eigenvalue weighted by atomic mass is 9.96. The number of nitrogens with zero attached hydrogens (tertiary/aromatic N) is 2. The highest BCUT2D eigenvalue weighted by Gasteiger charge is 2.31. The van der Waals surface area contributed by atoms with Crippen LogP contribution in [0.3, 0.4) is 0 Å². The van der Waals surface area contributed by atoms with Gasteiger partial charge in [-0.2, -0.15) is 0 Å². The van der Waals surface area contributed by atoms with Gasteiger partial charge in [0.1, 0.15) is 0 Å². The number of morpholine rings is 1. The third-order valence-electron chi connectivity index (χ3n) is 4.90. The van der Waals surface area contributed by atoms with E-state index in [2.05, 4.69) is 0 Å². The van der Waals surface area contributed by atoms with Crippen LogP contribution in [0.1, 0.15) is 24.0 Å². The molecule has 2 saturated heterocycles. The lowest BCUT2D eigenvalue weighted by Crippen LogP contribution is -2.49. The summed E-state index contributed by atoms with van der Waals surface area (Å²) in [5, 5.41) is 0. The largest absolute Gasteiger partial charge is 0.378 e. The summed E-state index contributed by atoms with van der Waals surface area (Å²) in [7, 11) is 0. The van der Waals surface area contributed by atoms with Crippen molar-refractivity contribution in [3.63, 3.8) is 0 Å². The summed E-state index contributed by atoms with van der Waals surface area (Å²) in [5.74, 6) is 0.0759. The predicted octanol–water partition coefficient (Wildman–Crippen LogP) is 2.11. The van der Waals surface area contributed by atoms with Gasteiger partial charge >= 0.3 is 0 Å². The Kier molecular flexibility index (Phi) is 5.87. The molecule has 2 heterocycles. The van der Waals surface area contributed by atoms with Gasteiger partial charge in [-0.15, -0.1) is 0 Å². The highest BCUT2D eigenvalue weighted by atomic mass is 16.5. The van der Waals surface area contributed by atoms with Gasteiger partial charge in [-0.1, -0.05) is 29.8 Å². The van der Waals surface area contributed by atoms with Crippen molar-refractivity contribution in [1.82, 2.24) is 9.80 Å². The molecule has 0 radical (unpaired) electrons. The Labute approximate surface area is 149 Å². The molecule has 0 bridgehead atoms. The number of piperidine rings is 1. The normalized spacial score (nSPS) is 21.6. The number of carbonyl (C=O) groups excluding carboxylic acids is 2. The molecule has 2 fully saturated rings. The summed E-state index contributed by atoms with van der Waals surface area (Å²) in [6.07, 6.45) is 5.20. The first-order valence-electron chi connectivity index (χ1n) is 9.03. The van der Waals surface area contributed by atoms with Crippen molar-refractivity contribution in [3.8, 4) is 0 Å². The summed E-state index contributed by atoms with van der Waals surface area (Å²) in [6, 6.07) is 8.06.